The van der Waals surface area contributed by atoms with Gasteiger partial charge in [0.2, 0.25) is 0 Å². The molecule has 3 saturated carbocycles. The maximum Gasteiger partial charge on any atom is 0.190 e. The molecule has 0 aromatic rings. The van der Waals surface area contributed by atoms with Crippen molar-refractivity contribution in [3.8, 4) is 0 Å². The van der Waals surface area contributed by atoms with Gasteiger partial charge >= 0.3 is 0 Å². The Morgan fingerprint density at radius 3 is 2.79 bits per heavy atom. The molecule has 0 aromatic carbocycles. The van der Waals surface area contributed by atoms with Crippen LogP contribution in [-0.2, 0) is 9.59 Å². The van der Waals surface area contributed by atoms with Crippen LogP contribution in [0.15, 0.2) is 23.8 Å². The second kappa shape index (κ2) is 6.00. The number of hydrogen-bond acceptors (Lipinski definition) is 5. The maximum atomic E-state index is 13.0. The van der Waals surface area contributed by atoms with Gasteiger partial charge in [0.25, 0.3) is 0 Å². The van der Waals surface area contributed by atoms with Gasteiger partial charge < -0.3 is 15.3 Å². The zero-order valence-corrected chi connectivity index (χ0v) is 16.9. The second-order valence-corrected chi connectivity index (χ2v) is 9.87. The molecule has 4 aliphatic carbocycles. The molecule has 3 N–H and O–H groups in total. The fraction of sp³-hybridized carbons (Fsp3) is 0.727. The molecule has 0 heterocycles. The molecule has 28 heavy (non-hydrogen) atoms. The number of alkyl halides is 1. The summed E-state index contributed by atoms with van der Waals surface area (Å²) in [5.41, 5.74) is -5.17. The Bertz CT molecular complexity index is 1010. The lowest BCUT2D eigenvalue weighted by Crippen LogP contribution is -2.69. The molecule has 0 bridgehead atoms. The van der Waals surface area contributed by atoms with E-state index in [-0.39, 0.29) is 24.8 Å². The number of halogens is 1. The second-order valence-electron chi connectivity index (χ2n) is 9.24. The van der Waals surface area contributed by atoms with Crippen molar-refractivity contribution in [2.24, 2.45) is 28.6 Å². The highest BCUT2D eigenvalue weighted by Gasteiger charge is 2.74. The van der Waals surface area contributed by atoms with Crippen molar-refractivity contribution in [1.29, 1.82) is 0 Å². The van der Waals surface area contributed by atoms with Crippen LogP contribution in [0.5, 0.6) is 0 Å². The van der Waals surface area contributed by atoms with E-state index in [0.717, 1.165) is 0 Å². The first-order valence-electron chi connectivity index (χ1n) is 12.1. The highest BCUT2D eigenvalue weighted by Crippen LogP contribution is 2.71. The van der Waals surface area contributed by atoms with E-state index in [9.17, 15) is 24.9 Å². The molecule has 154 valence electrons. The highest BCUT2D eigenvalue weighted by molar-refractivity contribution is 6.26. The average molecular weight is 414 g/mol. The molecular formula is C22H29ClO5. The molecular weight excluding hydrogens is 380 g/mol. The lowest BCUT2D eigenvalue weighted by atomic mass is 9.45. The average Bonchev–Trinajstić information content (AvgIpc) is 2.87. The first-order chi connectivity index (χ1) is 14.8. The van der Waals surface area contributed by atoms with Crippen LogP contribution in [0.1, 0.15) is 53.3 Å². The molecule has 0 spiro atoms. The van der Waals surface area contributed by atoms with Gasteiger partial charge in [-0.15, -0.1) is 11.6 Å². The number of aliphatic hydroxyl groups excluding tert-OH is 1. The third kappa shape index (κ3) is 2.09. The first-order valence-corrected chi connectivity index (χ1v) is 10.00. The van der Waals surface area contributed by atoms with E-state index >= 15 is 0 Å². The third-order valence-corrected chi connectivity index (χ3v) is 9.14. The normalized spacial score (nSPS) is 57.8. The summed E-state index contributed by atoms with van der Waals surface area (Å²) in [6.07, 6.45) is -1.14. The van der Waals surface area contributed by atoms with E-state index in [2.05, 4.69) is 0 Å². The Kier molecular flexibility index (Phi) is 3.19. The molecule has 4 aliphatic rings. The Hall–Kier alpha value is -1.01. The fourth-order valence-electron chi connectivity index (χ4n) is 6.63. The summed E-state index contributed by atoms with van der Waals surface area (Å²) < 4.78 is 40.9. The number of carbonyl (C=O) groups excluding carboxylic acids is 2. The van der Waals surface area contributed by atoms with Gasteiger partial charge in [0.15, 0.2) is 11.6 Å². The van der Waals surface area contributed by atoms with Gasteiger partial charge in [-0.25, -0.2) is 0 Å². The molecule has 8 atom stereocenters. The molecule has 0 radical (unpaired) electrons. The highest BCUT2D eigenvalue weighted by atomic mass is 35.5. The summed E-state index contributed by atoms with van der Waals surface area (Å²) in [6.45, 7) is 1.44. The number of aliphatic hydroxyl groups is 3. The van der Waals surface area contributed by atoms with E-state index in [1.165, 1.54) is 12.2 Å². The van der Waals surface area contributed by atoms with Crippen LogP contribution < -0.4 is 0 Å². The lowest BCUT2D eigenvalue weighted by Gasteiger charge is -2.63. The van der Waals surface area contributed by atoms with Gasteiger partial charge in [-0.05, 0) is 55.5 Å². The number of fused-ring (bicyclic) bond motifs is 5. The van der Waals surface area contributed by atoms with E-state index < -0.39 is 75.7 Å². The van der Waals surface area contributed by atoms with Crippen molar-refractivity contribution in [2.45, 2.75) is 63.0 Å². The Balaban J connectivity index is 1.93. The smallest absolute Gasteiger partial charge is 0.190 e. The van der Waals surface area contributed by atoms with Crippen LogP contribution >= 0.6 is 11.6 Å². The summed E-state index contributed by atoms with van der Waals surface area (Å²) in [6, 6.07) is -0.482. The van der Waals surface area contributed by atoms with Gasteiger partial charge in [0.1, 0.15) is 12.2 Å². The van der Waals surface area contributed by atoms with Crippen LogP contribution in [0.25, 0.3) is 0 Å². The third-order valence-electron chi connectivity index (χ3n) is 8.22. The van der Waals surface area contributed by atoms with E-state index in [1.54, 1.807) is 20.8 Å². The summed E-state index contributed by atoms with van der Waals surface area (Å²) in [4.78, 5) is 23.6. The Morgan fingerprint density at radius 1 is 1.46 bits per heavy atom. The molecule has 0 aromatic heterocycles. The molecule has 0 amide bonds. The van der Waals surface area contributed by atoms with Gasteiger partial charge in [-0.1, -0.05) is 32.4 Å². The van der Waals surface area contributed by atoms with E-state index in [0.29, 0.717) is 0 Å². The molecule has 4 rings (SSSR count). The van der Waals surface area contributed by atoms with Crippen molar-refractivity contribution >= 4 is 23.2 Å². The van der Waals surface area contributed by atoms with Crippen molar-refractivity contribution in [3.63, 3.8) is 0 Å². The number of ketones is 2. The number of Topliss-reactive ketones (excluding diaryl/α,β-unsaturated/α-hetero) is 1. The quantitative estimate of drug-likeness (QED) is 0.603. The number of hydrogen-bond donors (Lipinski definition) is 3. The van der Waals surface area contributed by atoms with Crippen molar-refractivity contribution < 1.29 is 31.8 Å². The van der Waals surface area contributed by atoms with Crippen LogP contribution in [0.3, 0.4) is 0 Å². The van der Waals surface area contributed by atoms with Crippen LogP contribution in [0, 0.1) is 28.6 Å². The van der Waals surface area contributed by atoms with Gasteiger partial charge in [0.05, 0.1) is 15.1 Å². The summed E-state index contributed by atoms with van der Waals surface area (Å²) >= 11 is 7.23. The van der Waals surface area contributed by atoms with Crippen molar-refractivity contribution in [3.05, 3.63) is 23.8 Å². The lowest BCUT2D eigenvalue weighted by molar-refractivity contribution is -0.179. The molecule has 0 aliphatic heterocycles. The standard InChI is InChI=1S/C22H29ClO5/c1-12-8-16-15-5-4-13-9-14(25)6-7-19(13,2)21(15,23)17(26)10-20(16,3)22(12,28)18(27)11-24/h6-7,9,12,15-17,24,26,28H,4-5,8,10-11H2,1-3H3/t12-,15-,16?,17-,19-,20-,21?,22?/m0/s1/i4D2,9D,11D2. The van der Waals surface area contributed by atoms with Crippen LogP contribution in [-0.4, -0.2) is 50.0 Å². The van der Waals surface area contributed by atoms with E-state index in [1.807, 2.05) is 0 Å². The largest absolute Gasteiger partial charge is 0.391 e. The monoisotopic (exact) mass is 413 g/mol. The predicted molar refractivity (Wildman–Crippen MR) is 105 cm³/mol. The molecule has 0 saturated heterocycles. The van der Waals surface area contributed by atoms with Gasteiger partial charge in [0, 0.05) is 13.6 Å². The maximum absolute atomic E-state index is 13.0. The fourth-order valence-corrected chi connectivity index (χ4v) is 7.10. The minimum absolute atomic E-state index is 0.0829. The van der Waals surface area contributed by atoms with Crippen LogP contribution in [0.4, 0.5) is 0 Å². The Morgan fingerprint density at radius 2 is 2.14 bits per heavy atom. The zero-order chi connectivity index (χ0) is 25.2. The number of allylic oxidation sites excluding steroid dienone is 4. The first kappa shape index (κ1) is 14.9. The Labute approximate surface area is 177 Å². The predicted octanol–water partition coefficient (Wildman–Crippen LogP) is 2.17. The molecule has 3 unspecified atom stereocenters. The topological polar surface area (TPSA) is 94.8 Å². The van der Waals surface area contributed by atoms with E-state index in [4.69, 9.17) is 18.5 Å². The van der Waals surface area contributed by atoms with Gasteiger partial charge in [-0.3, -0.25) is 9.59 Å². The minimum Gasteiger partial charge on any atom is -0.391 e. The number of carbonyl (C=O) groups is 2. The zero-order valence-electron chi connectivity index (χ0n) is 21.1. The van der Waals surface area contributed by atoms with Crippen molar-refractivity contribution in [1.82, 2.24) is 0 Å². The molecule has 6 heteroatoms. The number of rotatable bonds is 2. The summed E-state index contributed by atoms with van der Waals surface area (Å²) in [5, 5.41) is 32.9. The molecule has 3 fully saturated rings. The van der Waals surface area contributed by atoms with Gasteiger partial charge in [-0.2, -0.15) is 0 Å². The van der Waals surface area contributed by atoms with Crippen LogP contribution in [0.2, 0.25) is 0 Å². The minimum atomic E-state index is -3.29. The summed E-state index contributed by atoms with van der Waals surface area (Å²) in [5.74, 6) is -4.20. The molecule has 5 nitrogen and oxygen atoms in total. The summed E-state index contributed by atoms with van der Waals surface area (Å²) in [7, 11) is 0. The SMILES string of the molecule is [2H]C1=C2C([2H])([2H])C[C@H]3C4C[C@H](C)C(O)(C(=O)C([2H])([2H])O)[C@@]4(C)C[C@H](O)C3(Cl)[C@@]2(C)C=CC1=O. The van der Waals surface area contributed by atoms with Crippen molar-refractivity contribution in [2.75, 3.05) is 6.56 Å².